The van der Waals surface area contributed by atoms with Gasteiger partial charge >= 0.3 is 5.97 Å². The van der Waals surface area contributed by atoms with Crippen LogP contribution in [0.5, 0.6) is 0 Å². The van der Waals surface area contributed by atoms with Crippen LogP contribution < -0.4 is 10.6 Å². The standard InChI is InChI=1S/C17H18N2O2/c1-11-9-12-5-2-3-7-14(12)19(10-11)15-8-4-6-13(16(15)18)17(20)21/h2-8,11H,9-10,18H2,1H3,(H,20,21). The molecule has 0 aromatic heterocycles. The lowest BCUT2D eigenvalue weighted by molar-refractivity contribution is 0.0698. The van der Waals surface area contributed by atoms with E-state index in [0.717, 1.165) is 24.3 Å². The fourth-order valence-corrected chi connectivity index (χ4v) is 3.00. The number of nitrogens with two attached hydrogens (primary N) is 1. The molecule has 4 nitrogen and oxygen atoms in total. The topological polar surface area (TPSA) is 66.6 Å². The summed E-state index contributed by atoms with van der Waals surface area (Å²) in [7, 11) is 0. The number of carboxylic acid groups (broad SMARTS) is 1. The van der Waals surface area contributed by atoms with E-state index in [-0.39, 0.29) is 5.56 Å². The molecule has 108 valence electrons. The Hall–Kier alpha value is -2.49. The van der Waals surface area contributed by atoms with Gasteiger partial charge in [-0.05, 0) is 36.1 Å². The third kappa shape index (κ3) is 2.33. The number of benzene rings is 2. The van der Waals surface area contributed by atoms with Gasteiger partial charge in [-0.1, -0.05) is 31.2 Å². The Morgan fingerprint density at radius 1 is 1.19 bits per heavy atom. The minimum Gasteiger partial charge on any atom is -0.478 e. The maximum atomic E-state index is 11.3. The van der Waals surface area contributed by atoms with Crippen LogP contribution in [0.3, 0.4) is 0 Å². The molecule has 0 bridgehead atoms. The summed E-state index contributed by atoms with van der Waals surface area (Å²) >= 11 is 0. The van der Waals surface area contributed by atoms with E-state index in [1.165, 1.54) is 5.56 Å². The average molecular weight is 282 g/mol. The van der Waals surface area contributed by atoms with E-state index in [0.29, 0.717) is 11.6 Å². The molecule has 3 N–H and O–H groups in total. The van der Waals surface area contributed by atoms with E-state index in [9.17, 15) is 9.90 Å². The second-order valence-corrected chi connectivity index (χ2v) is 5.59. The largest absolute Gasteiger partial charge is 0.478 e. The molecule has 3 rings (SSSR count). The molecular formula is C17H18N2O2. The fourth-order valence-electron chi connectivity index (χ4n) is 3.00. The molecule has 0 amide bonds. The smallest absolute Gasteiger partial charge is 0.337 e. The molecule has 0 aliphatic carbocycles. The number of hydrogen-bond acceptors (Lipinski definition) is 3. The highest BCUT2D eigenvalue weighted by molar-refractivity contribution is 5.98. The van der Waals surface area contributed by atoms with E-state index in [1.807, 2.05) is 18.2 Å². The highest BCUT2D eigenvalue weighted by Crippen LogP contribution is 2.38. The van der Waals surface area contributed by atoms with Gasteiger partial charge in [0.15, 0.2) is 0 Å². The quantitative estimate of drug-likeness (QED) is 0.829. The number of carboxylic acids is 1. The van der Waals surface area contributed by atoms with Crippen LogP contribution in [0.2, 0.25) is 0 Å². The number of carbonyl (C=O) groups is 1. The third-order valence-electron chi connectivity index (χ3n) is 3.95. The maximum Gasteiger partial charge on any atom is 0.337 e. The molecule has 0 saturated carbocycles. The van der Waals surface area contributed by atoms with Crippen LogP contribution in [0.25, 0.3) is 0 Å². The van der Waals surface area contributed by atoms with Crippen molar-refractivity contribution in [2.24, 2.45) is 5.92 Å². The molecule has 1 aliphatic heterocycles. The lowest BCUT2D eigenvalue weighted by atomic mass is 9.93. The summed E-state index contributed by atoms with van der Waals surface area (Å²) in [5.41, 5.74) is 9.74. The molecule has 1 aliphatic rings. The van der Waals surface area contributed by atoms with Gasteiger partial charge in [0, 0.05) is 12.2 Å². The predicted octanol–water partition coefficient (Wildman–Crippen LogP) is 3.30. The average Bonchev–Trinajstić information content (AvgIpc) is 2.46. The van der Waals surface area contributed by atoms with E-state index in [4.69, 9.17) is 5.73 Å². The van der Waals surface area contributed by atoms with Gasteiger partial charge in [0.25, 0.3) is 0 Å². The highest BCUT2D eigenvalue weighted by atomic mass is 16.4. The zero-order chi connectivity index (χ0) is 15.0. The lowest BCUT2D eigenvalue weighted by Crippen LogP contribution is -2.31. The summed E-state index contributed by atoms with van der Waals surface area (Å²) in [5, 5.41) is 9.24. The van der Waals surface area contributed by atoms with Gasteiger partial charge in [0.2, 0.25) is 0 Å². The fraction of sp³-hybridized carbons (Fsp3) is 0.235. The van der Waals surface area contributed by atoms with Gasteiger partial charge in [-0.3, -0.25) is 0 Å². The number of para-hydroxylation sites is 2. The van der Waals surface area contributed by atoms with E-state index < -0.39 is 5.97 Å². The number of nitrogen functional groups attached to an aromatic ring is 1. The van der Waals surface area contributed by atoms with Crippen LogP contribution in [-0.4, -0.2) is 17.6 Å². The molecule has 2 aromatic rings. The number of rotatable bonds is 2. The van der Waals surface area contributed by atoms with Gasteiger partial charge < -0.3 is 15.7 Å². The Labute approximate surface area is 123 Å². The van der Waals surface area contributed by atoms with Crippen LogP contribution in [0, 0.1) is 5.92 Å². The maximum absolute atomic E-state index is 11.3. The molecule has 1 atom stereocenters. The first-order valence-electron chi connectivity index (χ1n) is 7.05. The van der Waals surface area contributed by atoms with Crippen LogP contribution >= 0.6 is 0 Å². The highest BCUT2D eigenvalue weighted by Gasteiger charge is 2.25. The summed E-state index contributed by atoms with van der Waals surface area (Å²) in [6.45, 7) is 3.03. The van der Waals surface area contributed by atoms with Crippen molar-refractivity contribution in [3.05, 3.63) is 53.6 Å². The van der Waals surface area contributed by atoms with Crippen molar-refractivity contribution in [2.75, 3.05) is 17.2 Å². The monoisotopic (exact) mass is 282 g/mol. The van der Waals surface area contributed by atoms with Crippen molar-refractivity contribution in [2.45, 2.75) is 13.3 Å². The molecule has 4 heteroatoms. The molecule has 21 heavy (non-hydrogen) atoms. The van der Waals surface area contributed by atoms with Crippen molar-refractivity contribution in [3.8, 4) is 0 Å². The first kappa shape index (κ1) is 13.5. The molecule has 0 spiro atoms. The van der Waals surface area contributed by atoms with Crippen LogP contribution in [0.4, 0.5) is 17.1 Å². The first-order valence-corrected chi connectivity index (χ1v) is 7.05. The van der Waals surface area contributed by atoms with Gasteiger partial charge in [0.1, 0.15) is 0 Å². The lowest BCUT2D eigenvalue weighted by Gasteiger charge is -2.35. The Morgan fingerprint density at radius 3 is 2.67 bits per heavy atom. The summed E-state index contributed by atoms with van der Waals surface area (Å²) < 4.78 is 0. The summed E-state index contributed by atoms with van der Waals surface area (Å²) in [6.07, 6.45) is 1.03. The van der Waals surface area contributed by atoms with Gasteiger partial charge in [0.05, 0.1) is 16.9 Å². The Bertz CT molecular complexity index is 697. The van der Waals surface area contributed by atoms with E-state index in [1.54, 1.807) is 12.1 Å². The van der Waals surface area contributed by atoms with Crippen LogP contribution in [0.15, 0.2) is 42.5 Å². The zero-order valence-electron chi connectivity index (χ0n) is 11.9. The SMILES string of the molecule is CC1Cc2ccccc2N(c2cccc(C(=O)O)c2N)C1. The summed E-state index contributed by atoms with van der Waals surface area (Å²) in [5.74, 6) is -0.500. The van der Waals surface area contributed by atoms with Crippen molar-refractivity contribution < 1.29 is 9.90 Å². The number of anilines is 3. The number of nitrogens with zero attached hydrogens (tertiary/aromatic N) is 1. The molecule has 0 saturated heterocycles. The van der Waals surface area contributed by atoms with Crippen LogP contribution in [0.1, 0.15) is 22.8 Å². The van der Waals surface area contributed by atoms with Crippen molar-refractivity contribution in [3.63, 3.8) is 0 Å². The Morgan fingerprint density at radius 2 is 1.90 bits per heavy atom. The van der Waals surface area contributed by atoms with Gasteiger partial charge in [-0.25, -0.2) is 4.79 Å². The van der Waals surface area contributed by atoms with Gasteiger partial charge in [-0.15, -0.1) is 0 Å². The van der Waals surface area contributed by atoms with Crippen LogP contribution in [-0.2, 0) is 6.42 Å². The first-order chi connectivity index (χ1) is 10.1. The number of aromatic carboxylic acids is 1. The molecule has 0 fully saturated rings. The van der Waals surface area contributed by atoms with Crippen molar-refractivity contribution in [1.29, 1.82) is 0 Å². The molecule has 1 heterocycles. The molecule has 1 unspecified atom stereocenters. The molecule has 2 aromatic carbocycles. The van der Waals surface area contributed by atoms with E-state index >= 15 is 0 Å². The summed E-state index contributed by atoms with van der Waals surface area (Å²) in [4.78, 5) is 13.4. The second-order valence-electron chi connectivity index (χ2n) is 5.59. The Balaban J connectivity index is 2.13. The minimum atomic E-state index is -0.993. The normalized spacial score (nSPS) is 17.4. The van der Waals surface area contributed by atoms with Crippen molar-refractivity contribution in [1.82, 2.24) is 0 Å². The molecular weight excluding hydrogens is 264 g/mol. The number of hydrogen-bond donors (Lipinski definition) is 2. The Kier molecular flexibility index (Phi) is 3.29. The molecule has 0 radical (unpaired) electrons. The minimum absolute atomic E-state index is 0.156. The second kappa shape index (κ2) is 5.13. The third-order valence-corrected chi connectivity index (χ3v) is 3.95. The zero-order valence-corrected chi connectivity index (χ0v) is 11.9. The van der Waals surface area contributed by atoms with Gasteiger partial charge in [-0.2, -0.15) is 0 Å². The van der Waals surface area contributed by atoms with Crippen molar-refractivity contribution >= 4 is 23.0 Å². The summed E-state index contributed by atoms with van der Waals surface area (Å²) in [6, 6.07) is 13.4. The number of fused-ring (bicyclic) bond motifs is 1. The predicted molar refractivity (Wildman–Crippen MR) is 84.1 cm³/mol. The van der Waals surface area contributed by atoms with E-state index in [2.05, 4.69) is 24.0 Å².